The third-order valence-corrected chi connectivity index (χ3v) is 1.79. The van der Waals surface area contributed by atoms with Crippen molar-refractivity contribution in [1.29, 1.82) is 0 Å². The van der Waals surface area contributed by atoms with Gasteiger partial charge in [0.25, 0.3) is 0 Å². The van der Waals surface area contributed by atoms with Gasteiger partial charge in [-0.1, -0.05) is 12.2 Å². The van der Waals surface area contributed by atoms with E-state index in [1.165, 1.54) is 12.2 Å². The number of esters is 2. The Kier molecular flexibility index (Phi) is 8.68. The molecule has 0 bridgehead atoms. The fraction of sp³-hybridized carbons (Fsp3) is 0.500. The summed E-state index contributed by atoms with van der Waals surface area (Å²) in [4.78, 5) is 22.0. The molecular weight excluding hydrogens is 224 g/mol. The third kappa shape index (κ3) is 8.21. The normalized spacial score (nSPS) is 11.3. The first-order chi connectivity index (χ1) is 8.13. The van der Waals surface area contributed by atoms with Gasteiger partial charge in [-0.05, 0) is 13.8 Å². The van der Waals surface area contributed by atoms with Crippen LogP contribution in [0.25, 0.3) is 0 Å². The van der Waals surface area contributed by atoms with E-state index in [4.69, 9.17) is 14.6 Å². The van der Waals surface area contributed by atoms with Crippen molar-refractivity contribution in [3.05, 3.63) is 24.3 Å². The van der Waals surface area contributed by atoms with Crippen LogP contribution < -0.4 is 0 Å². The molecule has 0 rings (SSSR count). The van der Waals surface area contributed by atoms with Crippen LogP contribution in [0.4, 0.5) is 0 Å². The molecule has 96 valence electrons. The van der Waals surface area contributed by atoms with Crippen molar-refractivity contribution >= 4 is 11.9 Å². The fourth-order valence-corrected chi connectivity index (χ4v) is 0.922. The van der Waals surface area contributed by atoms with Crippen molar-refractivity contribution < 1.29 is 24.2 Å². The second-order valence-electron chi connectivity index (χ2n) is 3.31. The van der Waals surface area contributed by atoms with Crippen molar-refractivity contribution in [2.24, 2.45) is 5.92 Å². The molecule has 1 N–H and O–H groups in total. The summed E-state index contributed by atoms with van der Waals surface area (Å²) < 4.78 is 9.67. The molecule has 0 spiro atoms. The SMILES string of the molecule is C/C=C\C(=O)OCC(CO)COC(=O)/C=C\C. The average Bonchev–Trinajstić information content (AvgIpc) is 2.30. The Morgan fingerprint density at radius 1 is 1.06 bits per heavy atom. The molecule has 0 aromatic carbocycles. The molecule has 0 amide bonds. The Morgan fingerprint density at radius 3 is 1.76 bits per heavy atom. The van der Waals surface area contributed by atoms with Crippen molar-refractivity contribution in [1.82, 2.24) is 0 Å². The lowest BCUT2D eigenvalue weighted by molar-refractivity contribution is -0.143. The minimum atomic E-state index is -0.481. The number of carbonyl (C=O) groups is 2. The lowest BCUT2D eigenvalue weighted by atomic mass is 10.2. The first-order valence-electron chi connectivity index (χ1n) is 5.33. The number of hydrogen-bond acceptors (Lipinski definition) is 5. The van der Waals surface area contributed by atoms with E-state index < -0.39 is 17.9 Å². The zero-order valence-corrected chi connectivity index (χ0v) is 10.1. The minimum absolute atomic E-state index is 0.0167. The van der Waals surface area contributed by atoms with Crippen LogP contribution in [0, 0.1) is 5.92 Å². The van der Waals surface area contributed by atoms with Gasteiger partial charge < -0.3 is 14.6 Å². The van der Waals surface area contributed by atoms with E-state index >= 15 is 0 Å². The average molecular weight is 242 g/mol. The standard InChI is InChI=1S/C12H18O5/c1-3-5-11(14)16-8-10(7-13)9-17-12(15)6-4-2/h3-6,10,13H,7-9H2,1-2H3/b5-3-,6-4-. The van der Waals surface area contributed by atoms with Gasteiger partial charge in [0.15, 0.2) is 0 Å². The molecule has 0 aliphatic heterocycles. The molecule has 0 saturated heterocycles. The van der Waals surface area contributed by atoms with Crippen LogP contribution in [0.1, 0.15) is 13.8 Å². The van der Waals surface area contributed by atoms with Crippen molar-refractivity contribution in [3.63, 3.8) is 0 Å². The predicted octanol–water partition coefficient (Wildman–Crippen LogP) is 0.834. The summed E-state index contributed by atoms with van der Waals surface area (Å²) in [5, 5.41) is 8.99. The van der Waals surface area contributed by atoms with Crippen LogP contribution in [0.5, 0.6) is 0 Å². The maximum absolute atomic E-state index is 11.0. The summed E-state index contributed by atoms with van der Waals surface area (Å²) >= 11 is 0. The molecule has 0 aliphatic carbocycles. The molecule has 0 aromatic rings. The Balaban J connectivity index is 3.92. The molecule has 17 heavy (non-hydrogen) atoms. The van der Waals surface area contributed by atoms with Gasteiger partial charge in [-0.3, -0.25) is 0 Å². The predicted molar refractivity (Wildman–Crippen MR) is 62.1 cm³/mol. The van der Waals surface area contributed by atoms with E-state index in [1.807, 2.05) is 0 Å². The monoisotopic (exact) mass is 242 g/mol. The van der Waals surface area contributed by atoms with E-state index in [2.05, 4.69) is 0 Å². The summed E-state index contributed by atoms with van der Waals surface area (Å²) in [6.45, 7) is 3.21. The lowest BCUT2D eigenvalue weighted by Gasteiger charge is -2.13. The highest BCUT2D eigenvalue weighted by atomic mass is 16.5. The van der Waals surface area contributed by atoms with Crippen LogP contribution in [0.3, 0.4) is 0 Å². The highest BCUT2D eigenvalue weighted by Gasteiger charge is 2.12. The Hall–Kier alpha value is -1.62. The molecule has 0 unspecified atom stereocenters. The molecule has 0 aliphatic rings. The molecule has 0 atom stereocenters. The number of hydrogen-bond donors (Lipinski definition) is 1. The quantitative estimate of drug-likeness (QED) is 0.529. The number of ether oxygens (including phenoxy) is 2. The molecule has 0 heterocycles. The molecule has 5 heteroatoms. The van der Waals surface area contributed by atoms with Gasteiger partial charge in [-0.15, -0.1) is 0 Å². The highest BCUT2D eigenvalue weighted by Crippen LogP contribution is 1.99. The Morgan fingerprint density at radius 2 is 1.47 bits per heavy atom. The largest absolute Gasteiger partial charge is 0.462 e. The van der Waals surface area contributed by atoms with Crippen molar-refractivity contribution in [2.75, 3.05) is 19.8 Å². The van der Waals surface area contributed by atoms with E-state index in [0.717, 1.165) is 0 Å². The van der Waals surface area contributed by atoms with Gasteiger partial charge in [0.1, 0.15) is 0 Å². The summed E-state index contributed by atoms with van der Waals surface area (Å²) in [7, 11) is 0. The van der Waals surface area contributed by atoms with Crippen molar-refractivity contribution in [3.8, 4) is 0 Å². The Bertz CT molecular complexity index is 265. The maximum atomic E-state index is 11.0. The number of rotatable bonds is 7. The summed E-state index contributed by atoms with van der Waals surface area (Å²) in [6, 6.07) is 0. The summed E-state index contributed by atoms with van der Waals surface area (Å²) in [5.74, 6) is -1.37. The zero-order valence-electron chi connectivity index (χ0n) is 10.1. The summed E-state index contributed by atoms with van der Waals surface area (Å²) in [6.07, 6.45) is 5.67. The van der Waals surface area contributed by atoms with Crippen LogP contribution in [0.2, 0.25) is 0 Å². The van der Waals surface area contributed by atoms with Gasteiger partial charge in [0, 0.05) is 12.2 Å². The van der Waals surface area contributed by atoms with E-state index in [1.54, 1.807) is 26.0 Å². The van der Waals surface area contributed by atoms with E-state index in [-0.39, 0.29) is 19.8 Å². The maximum Gasteiger partial charge on any atom is 0.330 e. The minimum Gasteiger partial charge on any atom is -0.462 e. The molecule has 0 radical (unpaired) electrons. The first kappa shape index (κ1) is 15.4. The van der Waals surface area contributed by atoms with E-state index in [9.17, 15) is 9.59 Å². The smallest absolute Gasteiger partial charge is 0.330 e. The highest BCUT2D eigenvalue weighted by molar-refractivity contribution is 5.82. The number of aliphatic hydroxyl groups excluding tert-OH is 1. The van der Waals surface area contributed by atoms with Crippen LogP contribution in [-0.4, -0.2) is 36.9 Å². The van der Waals surface area contributed by atoms with Crippen molar-refractivity contribution in [2.45, 2.75) is 13.8 Å². The second kappa shape index (κ2) is 9.59. The second-order valence-corrected chi connectivity index (χ2v) is 3.31. The summed E-state index contributed by atoms with van der Waals surface area (Å²) in [5.41, 5.74) is 0. The fourth-order valence-electron chi connectivity index (χ4n) is 0.922. The van der Waals surface area contributed by atoms with Crippen LogP contribution in [-0.2, 0) is 19.1 Å². The topological polar surface area (TPSA) is 72.8 Å². The van der Waals surface area contributed by atoms with E-state index in [0.29, 0.717) is 0 Å². The lowest BCUT2D eigenvalue weighted by Crippen LogP contribution is -2.22. The number of carbonyl (C=O) groups excluding carboxylic acids is 2. The van der Waals surface area contributed by atoms with Crippen LogP contribution in [0.15, 0.2) is 24.3 Å². The Labute approximate surface area is 101 Å². The van der Waals surface area contributed by atoms with Gasteiger partial charge in [0.2, 0.25) is 0 Å². The molecule has 5 nitrogen and oxygen atoms in total. The zero-order chi connectivity index (χ0) is 13.1. The third-order valence-electron chi connectivity index (χ3n) is 1.79. The molecule has 0 aromatic heterocycles. The van der Waals surface area contributed by atoms with Gasteiger partial charge in [-0.25, -0.2) is 9.59 Å². The number of aliphatic hydroxyl groups is 1. The van der Waals surface area contributed by atoms with Gasteiger partial charge >= 0.3 is 11.9 Å². The van der Waals surface area contributed by atoms with Crippen LogP contribution >= 0.6 is 0 Å². The molecule has 0 saturated carbocycles. The van der Waals surface area contributed by atoms with Gasteiger partial charge in [-0.2, -0.15) is 0 Å². The van der Waals surface area contributed by atoms with Gasteiger partial charge in [0.05, 0.1) is 25.7 Å². The molecular formula is C12H18O5. The first-order valence-corrected chi connectivity index (χ1v) is 5.33. The number of allylic oxidation sites excluding steroid dienone is 2. The molecule has 0 fully saturated rings.